The first kappa shape index (κ1) is 21.0. The molecule has 0 N–H and O–H groups in total. The van der Waals surface area contributed by atoms with Crippen LogP contribution in [0.15, 0.2) is 121 Å². The smallest absolute Gasteiger partial charge is 0.0422 e. The lowest BCUT2D eigenvalue weighted by molar-refractivity contribution is 0.560. The van der Waals surface area contributed by atoms with Gasteiger partial charge in [-0.1, -0.05) is 91.0 Å². The number of hydrogen-bond acceptors (Lipinski definition) is 1. The van der Waals surface area contributed by atoms with Crippen LogP contribution in [-0.4, -0.2) is 5.54 Å². The van der Waals surface area contributed by atoms with Crippen LogP contribution in [0.5, 0.6) is 0 Å². The van der Waals surface area contributed by atoms with E-state index in [1.54, 1.807) is 0 Å². The van der Waals surface area contributed by atoms with Gasteiger partial charge in [0.15, 0.2) is 0 Å². The van der Waals surface area contributed by atoms with E-state index in [0.29, 0.717) is 0 Å². The molecule has 0 atom stereocenters. The van der Waals surface area contributed by atoms with Crippen LogP contribution in [-0.2, 0) is 0 Å². The summed E-state index contributed by atoms with van der Waals surface area (Å²) in [6, 6.07) is 43.6. The summed E-state index contributed by atoms with van der Waals surface area (Å²) in [6.45, 7) is 6.79. The van der Waals surface area contributed by atoms with Gasteiger partial charge in [0.2, 0.25) is 0 Å². The van der Waals surface area contributed by atoms with Crippen LogP contribution in [0.3, 0.4) is 0 Å². The molecule has 0 radical (unpaired) electrons. The lowest BCUT2D eigenvalue weighted by atomic mass is 9.98. The summed E-state index contributed by atoms with van der Waals surface area (Å²) < 4.78 is 0. The van der Waals surface area contributed by atoms with E-state index in [2.05, 4.69) is 147 Å². The van der Waals surface area contributed by atoms with Crippen molar-refractivity contribution in [2.45, 2.75) is 26.3 Å². The third-order valence-electron chi connectivity index (χ3n) is 6.09. The maximum atomic E-state index is 2.42. The summed E-state index contributed by atoms with van der Waals surface area (Å²) in [7, 11) is 0. The third kappa shape index (κ3) is 4.40. The highest BCUT2D eigenvalue weighted by atomic mass is 15.2. The van der Waals surface area contributed by atoms with Crippen molar-refractivity contribution in [3.63, 3.8) is 0 Å². The Hall–Kier alpha value is -3.84. The summed E-state index contributed by atoms with van der Waals surface area (Å²) >= 11 is 0. The number of fused-ring (bicyclic) bond motifs is 1. The maximum absolute atomic E-state index is 2.42. The van der Waals surface area contributed by atoms with Gasteiger partial charge in [-0.2, -0.15) is 0 Å². The second kappa shape index (κ2) is 8.60. The number of hydrogen-bond donors (Lipinski definition) is 0. The molecule has 1 heteroatoms. The van der Waals surface area contributed by atoms with E-state index in [9.17, 15) is 0 Å². The highest BCUT2D eigenvalue weighted by Gasteiger charge is 2.24. The molecule has 0 aliphatic heterocycles. The van der Waals surface area contributed by atoms with Crippen LogP contribution in [0.2, 0.25) is 0 Å². The minimum atomic E-state index is -0.0697. The monoisotopic (exact) mass is 427 g/mol. The van der Waals surface area contributed by atoms with Crippen molar-refractivity contribution in [2.24, 2.45) is 0 Å². The van der Waals surface area contributed by atoms with Gasteiger partial charge in [0.1, 0.15) is 0 Å². The SMILES string of the molecule is CC(C)(C)N(c1ccc(-c2ccc3ccccc3c2)cc1)c1cccc(-c2ccccc2)c1. The van der Waals surface area contributed by atoms with E-state index in [4.69, 9.17) is 0 Å². The fourth-order valence-electron chi connectivity index (χ4n) is 4.55. The van der Waals surface area contributed by atoms with Gasteiger partial charge in [0.05, 0.1) is 0 Å². The van der Waals surface area contributed by atoms with Gasteiger partial charge >= 0.3 is 0 Å². The standard InChI is InChI=1S/C32H29N/c1-32(2,3)33(31-15-9-14-28(23-31)24-10-5-4-6-11-24)30-20-18-26(19-21-30)29-17-16-25-12-7-8-13-27(25)22-29/h4-23H,1-3H3. The summed E-state index contributed by atoms with van der Waals surface area (Å²) in [4.78, 5) is 2.42. The molecule has 0 heterocycles. The van der Waals surface area contributed by atoms with E-state index in [-0.39, 0.29) is 5.54 Å². The summed E-state index contributed by atoms with van der Waals surface area (Å²) in [5.41, 5.74) is 7.26. The summed E-state index contributed by atoms with van der Waals surface area (Å²) in [6.07, 6.45) is 0. The van der Waals surface area contributed by atoms with Gasteiger partial charge in [-0.25, -0.2) is 0 Å². The molecule has 0 amide bonds. The first-order chi connectivity index (χ1) is 16.0. The fraction of sp³-hybridized carbons (Fsp3) is 0.125. The first-order valence-corrected chi connectivity index (χ1v) is 11.5. The molecule has 0 aliphatic carbocycles. The Bertz CT molecular complexity index is 1380. The Labute approximate surface area is 197 Å². The fourth-order valence-corrected chi connectivity index (χ4v) is 4.55. The van der Waals surface area contributed by atoms with Crippen LogP contribution in [0.25, 0.3) is 33.0 Å². The van der Waals surface area contributed by atoms with E-state index in [0.717, 1.165) is 0 Å². The topological polar surface area (TPSA) is 3.24 Å². The largest absolute Gasteiger partial charge is 0.336 e. The van der Waals surface area contributed by atoms with E-state index in [1.165, 1.54) is 44.4 Å². The van der Waals surface area contributed by atoms with Gasteiger partial charge < -0.3 is 4.90 Å². The Kier molecular flexibility index (Phi) is 5.48. The van der Waals surface area contributed by atoms with Gasteiger partial charge in [-0.15, -0.1) is 0 Å². The van der Waals surface area contributed by atoms with Gasteiger partial charge in [-0.05, 0) is 84.1 Å². The highest BCUT2D eigenvalue weighted by molar-refractivity contribution is 5.87. The van der Waals surface area contributed by atoms with Crippen LogP contribution in [0.4, 0.5) is 11.4 Å². The van der Waals surface area contributed by atoms with Crippen molar-refractivity contribution in [1.29, 1.82) is 0 Å². The highest BCUT2D eigenvalue weighted by Crippen LogP contribution is 2.36. The van der Waals surface area contributed by atoms with E-state index < -0.39 is 0 Å². The number of anilines is 2. The molecule has 0 bridgehead atoms. The zero-order valence-corrected chi connectivity index (χ0v) is 19.5. The van der Waals surface area contributed by atoms with Crippen molar-refractivity contribution in [3.05, 3.63) is 121 Å². The van der Waals surface area contributed by atoms with Crippen LogP contribution < -0.4 is 4.90 Å². The lowest BCUT2D eigenvalue weighted by Gasteiger charge is -2.38. The van der Waals surface area contributed by atoms with Gasteiger partial charge in [0, 0.05) is 16.9 Å². The van der Waals surface area contributed by atoms with Crippen molar-refractivity contribution in [3.8, 4) is 22.3 Å². The molecular weight excluding hydrogens is 398 g/mol. The Balaban J connectivity index is 1.51. The summed E-state index contributed by atoms with van der Waals surface area (Å²) in [5.74, 6) is 0. The molecule has 0 unspecified atom stereocenters. The van der Waals surface area contributed by atoms with Gasteiger partial charge in [0.25, 0.3) is 0 Å². The number of rotatable bonds is 4. The molecule has 1 nitrogen and oxygen atoms in total. The third-order valence-corrected chi connectivity index (χ3v) is 6.09. The van der Waals surface area contributed by atoms with Crippen LogP contribution in [0.1, 0.15) is 20.8 Å². The van der Waals surface area contributed by atoms with Crippen molar-refractivity contribution < 1.29 is 0 Å². The summed E-state index contributed by atoms with van der Waals surface area (Å²) in [5, 5.41) is 2.54. The van der Waals surface area contributed by atoms with Gasteiger partial charge in [-0.3, -0.25) is 0 Å². The molecule has 0 aliphatic rings. The molecule has 162 valence electrons. The second-order valence-corrected chi connectivity index (χ2v) is 9.53. The zero-order valence-electron chi connectivity index (χ0n) is 19.5. The molecule has 5 rings (SSSR count). The predicted octanol–water partition coefficient (Wildman–Crippen LogP) is 9.11. The molecule has 0 fully saturated rings. The molecule has 0 saturated carbocycles. The molecule has 0 spiro atoms. The van der Waals surface area contributed by atoms with Crippen molar-refractivity contribution in [1.82, 2.24) is 0 Å². The van der Waals surface area contributed by atoms with Crippen LogP contribution in [0, 0.1) is 0 Å². The maximum Gasteiger partial charge on any atom is 0.0422 e. The molecule has 5 aromatic rings. The van der Waals surface area contributed by atoms with Crippen molar-refractivity contribution >= 4 is 22.1 Å². The lowest BCUT2D eigenvalue weighted by Crippen LogP contribution is -2.37. The predicted molar refractivity (Wildman–Crippen MR) is 143 cm³/mol. The quantitative estimate of drug-likeness (QED) is 0.276. The molecule has 0 saturated heterocycles. The minimum absolute atomic E-state index is 0.0697. The average Bonchev–Trinajstić information content (AvgIpc) is 2.84. The number of benzene rings is 5. The Morgan fingerprint density at radius 1 is 0.424 bits per heavy atom. The normalized spacial score (nSPS) is 11.5. The molecule has 5 aromatic carbocycles. The zero-order chi connectivity index (χ0) is 22.8. The van der Waals surface area contributed by atoms with E-state index in [1.807, 2.05) is 0 Å². The minimum Gasteiger partial charge on any atom is -0.336 e. The molecule has 0 aromatic heterocycles. The van der Waals surface area contributed by atoms with Crippen molar-refractivity contribution in [2.75, 3.05) is 4.90 Å². The second-order valence-electron chi connectivity index (χ2n) is 9.53. The van der Waals surface area contributed by atoms with E-state index >= 15 is 0 Å². The number of nitrogens with zero attached hydrogens (tertiary/aromatic N) is 1. The Morgan fingerprint density at radius 2 is 1.00 bits per heavy atom. The van der Waals surface area contributed by atoms with Crippen LogP contribution >= 0.6 is 0 Å². The Morgan fingerprint density at radius 3 is 1.73 bits per heavy atom. The average molecular weight is 428 g/mol. The first-order valence-electron chi connectivity index (χ1n) is 11.5. The molecular formula is C32H29N. The molecule has 33 heavy (non-hydrogen) atoms.